The van der Waals surface area contributed by atoms with Gasteiger partial charge in [0.05, 0.1) is 5.75 Å². The van der Waals surface area contributed by atoms with E-state index in [2.05, 4.69) is 36.4 Å². The topological polar surface area (TPSA) is 96.7 Å². The molecule has 8 heteroatoms. The van der Waals surface area contributed by atoms with Crippen molar-refractivity contribution in [1.29, 1.82) is 0 Å². The molecule has 0 saturated carbocycles. The lowest BCUT2D eigenvalue weighted by atomic mass is 10.3. The standard InChI is InChI=1S/C10H10BrN5OS/c11-6-2-1-3-7(4-6)13-8(17)5-18-10-14-9(12)15-16-10/h1-4H,5H2,(H,13,17)(H3,12,14,15,16). The fraction of sp³-hybridized carbons (Fsp3) is 0.100. The van der Waals surface area contributed by atoms with E-state index in [0.717, 1.165) is 10.2 Å². The van der Waals surface area contributed by atoms with Gasteiger partial charge in [0.2, 0.25) is 17.0 Å². The van der Waals surface area contributed by atoms with E-state index in [1.165, 1.54) is 11.8 Å². The summed E-state index contributed by atoms with van der Waals surface area (Å²) in [6.45, 7) is 0. The number of aromatic nitrogens is 3. The molecule has 0 aliphatic rings. The number of hydrogen-bond donors (Lipinski definition) is 3. The van der Waals surface area contributed by atoms with Crippen molar-refractivity contribution in [3.8, 4) is 0 Å². The Morgan fingerprint density at radius 1 is 1.56 bits per heavy atom. The molecule has 1 aromatic carbocycles. The van der Waals surface area contributed by atoms with Crippen LogP contribution in [-0.4, -0.2) is 26.8 Å². The van der Waals surface area contributed by atoms with Crippen molar-refractivity contribution in [2.45, 2.75) is 5.16 Å². The van der Waals surface area contributed by atoms with E-state index in [1.807, 2.05) is 24.3 Å². The third-order valence-electron chi connectivity index (χ3n) is 1.92. The molecular weight excluding hydrogens is 318 g/mol. The zero-order valence-corrected chi connectivity index (χ0v) is 11.6. The maximum absolute atomic E-state index is 11.7. The predicted octanol–water partition coefficient (Wildman–Crippen LogP) is 1.88. The number of nitrogens with zero attached hydrogens (tertiary/aromatic N) is 2. The van der Waals surface area contributed by atoms with Crippen LogP contribution in [0, 0.1) is 0 Å². The highest BCUT2D eigenvalue weighted by Gasteiger charge is 2.07. The molecular formula is C10H10BrN5OS. The number of thioether (sulfide) groups is 1. The van der Waals surface area contributed by atoms with Gasteiger partial charge in [0, 0.05) is 10.2 Å². The number of nitrogens with two attached hydrogens (primary N) is 1. The Morgan fingerprint density at radius 3 is 3.06 bits per heavy atom. The molecule has 1 heterocycles. The van der Waals surface area contributed by atoms with Gasteiger partial charge in [0.15, 0.2) is 0 Å². The third kappa shape index (κ3) is 3.74. The summed E-state index contributed by atoms with van der Waals surface area (Å²) >= 11 is 4.55. The average molecular weight is 328 g/mol. The molecule has 0 saturated heterocycles. The summed E-state index contributed by atoms with van der Waals surface area (Å²) < 4.78 is 0.912. The fourth-order valence-electron chi connectivity index (χ4n) is 1.22. The Hall–Kier alpha value is -1.54. The highest BCUT2D eigenvalue weighted by atomic mass is 79.9. The van der Waals surface area contributed by atoms with E-state index in [0.29, 0.717) is 5.16 Å². The Balaban J connectivity index is 1.85. The highest BCUT2D eigenvalue weighted by molar-refractivity contribution is 9.10. The summed E-state index contributed by atoms with van der Waals surface area (Å²) in [5.41, 5.74) is 6.12. The number of carbonyl (C=O) groups excluding carboxylic acids is 1. The van der Waals surface area contributed by atoms with Gasteiger partial charge in [-0.1, -0.05) is 33.8 Å². The zero-order chi connectivity index (χ0) is 13.0. The van der Waals surface area contributed by atoms with Gasteiger partial charge in [-0.15, -0.1) is 5.10 Å². The summed E-state index contributed by atoms with van der Waals surface area (Å²) in [6, 6.07) is 7.38. The maximum Gasteiger partial charge on any atom is 0.234 e. The summed E-state index contributed by atoms with van der Waals surface area (Å²) in [5.74, 6) is 0.343. The minimum atomic E-state index is -0.124. The molecule has 2 rings (SSSR count). The second kappa shape index (κ2) is 5.87. The molecule has 1 aromatic heterocycles. The predicted molar refractivity (Wildman–Crippen MR) is 74.3 cm³/mol. The number of amides is 1. The molecule has 0 aliphatic carbocycles. The molecule has 4 N–H and O–H groups in total. The summed E-state index contributed by atoms with van der Waals surface area (Å²) in [7, 11) is 0. The van der Waals surface area contributed by atoms with Gasteiger partial charge in [-0.2, -0.15) is 4.98 Å². The first kappa shape index (κ1) is 12.9. The van der Waals surface area contributed by atoms with Crippen LogP contribution in [0.2, 0.25) is 0 Å². The van der Waals surface area contributed by atoms with Gasteiger partial charge in [0.1, 0.15) is 0 Å². The molecule has 2 aromatic rings. The van der Waals surface area contributed by atoms with Gasteiger partial charge in [-0.3, -0.25) is 4.79 Å². The Labute approximate surface area is 116 Å². The first-order chi connectivity index (χ1) is 8.63. The van der Waals surface area contributed by atoms with Crippen molar-refractivity contribution in [1.82, 2.24) is 15.2 Å². The van der Waals surface area contributed by atoms with Gasteiger partial charge < -0.3 is 11.1 Å². The zero-order valence-electron chi connectivity index (χ0n) is 9.18. The number of hydrogen-bond acceptors (Lipinski definition) is 5. The Kier molecular flexibility index (Phi) is 4.21. The summed E-state index contributed by atoms with van der Waals surface area (Å²) in [4.78, 5) is 15.5. The lowest BCUT2D eigenvalue weighted by Gasteiger charge is -2.04. The molecule has 0 unspecified atom stereocenters. The molecule has 1 amide bonds. The lowest BCUT2D eigenvalue weighted by Crippen LogP contribution is -2.14. The van der Waals surface area contributed by atoms with Crippen LogP contribution in [0.15, 0.2) is 33.9 Å². The highest BCUT2D eigenvalue weighted by Crippen LogP contribution is 2.17. The van der Waals surface area contributed by atoms with Crippen LogP contribution in [0.25, 0.3) is 0 Å². The molecule has 0 aliphatic heterocycles. The van der Waals surface area contributed by atoms with Crippen LogP contribution in [0.5, 0.6) is 0 Å². The van der Waals surface area contributed by atoms with E-state index in [4.69, 9.17) is 5.73 Å². The van der Waals surface area contributed by atoms with Gasteiger partial charge >= 0.3 is 0 Å². The number of benzene rings is 1. The third-order valence-corrected chi connectivity index (χ3v) is 3.26. The molecule has 0 radical (unpaired) electrons. The van der Waals surface area contributed by atoms with E-state index in [9.17, 15) is 4.79 Å². The van der Waals surface area contributed by atoms with Crippen molar-refractivity contribution in [3.05, 3.63) is 28.7 Å². The van der Waals surface area contributed by atoms with Crippen molar-refractivity contribution in [2.24, 2.45) is 0 Å². The molecule has 0 atom stereocenters. The van der Waals surface area contributed by atoms with Crippen LogP contribution in [0.3, 0.4) is 0 Å². The summed E-state index contributed by atoms with van der Waals surface area (Å²) in [6.07, 6.45) is 0. The minimum Gasteiger partial charge on any atom is -0.368 e. The number of rotatable bonds is 4. The maximum atomic E-state index is 11.7. The quantitative estimate of drug-likeness (QED) is 0.745. The van der Waals surface area contributed by atoms with E-state index in [-0.39, 0.29) is 17.6 Å². The number of carbonyl (C=O) groups is 1. The minimum absolute atomic E-state index is 0.124. The Morgan fingerprint density at radius 2 is 2.39 bits per heavy atom. The second-order valence-corrected chi connectivity index (χ2v) is 5.21. The fourth-order valence-corrected chi connectivity index (χ4v) is 2.22. The molecule has 18 heavy (non-hydrogen) atoms. The van der Waals surface area contributed by atoms with Crippen LogP contribution < -0.4 is 11.1 Å². The molecule has 6 nitrogen and oxygen atoms in total. The van der Waals surface area contributed by atoms with Crippen molar-refractivity contribution < 1.29 is 4.79 Å². The molecule has 0 spiro atoms. The number of nitrogens with one attached hydrogen (secondary N) is 2. The average Bonchev–Trinajstić information content (AvgIpc) is 2.73. The second-order valence-electron chi connectivity index (χ2n) is 3.35. The largest absolute Gasteiger partial charge is 0.368 e. The van der Waals surface area contributed by atoms with Crippen LogP contribution >= 0.6 is 27.7 Å². The first-order valence-corrected chi connectivity index (χ1v) is 6.77. The SMILES string of the molecule is Nc1nc(SCC(=O)Nc2cccc(Br)c2)n[nH]1. The van der Waals surface area contributed by atoms with E-state index in [1.54, 1.807) is 0 Å². The lowest BCUT2D eigenvalue weighted by molar-refractivity contribution is -0.113. The van der Waals surface area contributed by atoms with Crippen molar-refractivity contribution >= 4 is 45.2 Å². The van der Waals surface area contributed by atoms with Gasteiger partial charge in [-0.05, 0) is 18.2 Å². The molecule has 0 fully saturated rings. The number of H-pyrrole nitrogens is 1. The van der Waals surface area contributed by atoms with Gasteiger partial charge in [0.25, 0.3) is 0 Å². The smallest absolute Gasteiger partial charge is 0.234 e. The summed E-state index contributed by atoms with van der Waals surface area (Å²) in [5, 5.41) is 9.56. The normalized spacial score (nSPS) is 10.3. The first-order valence-electron chi connectivity index (χ1n) is 4.99. The number of halogens is 1. The molecule has 0 bridgehead atoms. The number of anilines is 2. The van der Waals surface area contributed by atoms with Crippen molar-refractivity contribution in [3.63, 3.8) is 0 Å². The Bertz CT molecular complexity index is 559. The van der Waals surface area contributed by atoms with E-state index < -0.39 is 0 Å². The molecule has 94 valence electrons. The van der Waals surface area contributed by atoms with Crippen LogP contribution in [-0.2, 0) is 4.79 Å². The monoisotopic (exact) mass is 327 g/mol. The van der Waals surface area contributed by atoms with Crippen LogP contribution in [0.1, 0.15) is 0 Å². The number of aromatic amines is 1. The van der Waals surface area contributed by atoms with Crippen LogP contribution in [0.4, 0.5) is 11.6 Å². The number of nitrogen functional groups attached to an aromatic ring is 1. The van der Waals surface area contributed by atoms with Crippen molar-refractivity contribution in [2.75, 3.05) is 16.8 Å². The van der Waals surface area contributed by atoms with E-state index >= 15 is 0 Å². The van der Waals surface area contributed by atoms with Gasteiger partial charge in [-0.25, -0.2) is 5.10 Å².